The minimum atomic E-state index is -2.93. The Morgan fingerprint density at radius 2 is 1.91 bits per heavy atom. The standard InChI is InChI=1S/C23H21F2N5O2/c1-23(32,22(24)25)15-4-6-16(7-5-15)30-21(31)18-3-2-10-26-20(18)29-13-14-8-11-27-19-17(14)9-12-28-19/h2-12,22,32H,13H2,1H3,(H,26,29)(H,27,28)(H,30,31). The van der Waals surface area contributed by atoms with E-state index in [1.807, 2.05) is 18.3 Å². The highest BCUT2D eigenvalue weighted by Gasteiger charge is 2.34. The number of carbonyl (C=O) groups is 1. The average Bonchev–Trinajstić information content (AvgIpc) is 3.27. The molecule has 4 aromatic rings. The molecule has 1 aromatic carbocycles. The van der Waals surface area contributed by atoms with E-state index >= 15 is 0 Å². The zero-order valence-electron chi connectivity index (χ0n) is 17.1. The summed E-state index contributed by atoms with van der Waals surface area (Å²) in [6, 6.07) is 12.8. The second-order valence-corrected chi connectivity index (χ2v) is 7.44. The first-order valence-corrected chi connectivity index (χ1v) is 9.88. The molecular weight excluding hydrogens is 416 g/mol. The number of fused-ring (bicyclic) bond motifs is 1. The number of rotatable bonds is 7. The van der Waals surface area contributed by atoms with Gasteiger partial charge in [-0.1, -0.05) is 12.1 Å². The molecule has 1 amide bonds. The van der Waals surface area contributed by atoms with Crippen molar-refractivity contribution in [2.24, 2.45) is 0 Å². The van der Waals surface area contributed by atoms with Gasteiger partial charge in [-0.3, -0.25) is 4.79 Å². The number of hydrogen-bond donors (Lipinski definition) is 4. The number of nitrogens with zero attached hydrogens (tertiary/aromatic N) is 2. The summed E-state index contributed by atoms with van der Waals surface area (Å²) in [5.41, 5.74) is 0.299. The molecule has 0 saturated carbocycles. The lowest BCUT2D eigenvalue weighted by Gasteiger charge is -2.22. The third-order valence-electron chi connectivity index (χ3n) is 5.20. The van der Waals surface area contributed by atoms with Gasteiger partial charge in [0, 0.05) is 36.2 Å². The van der Waals surface area contributed by atoms with Gasteiger partial charge >= 0.3 is 0 Å². The van der Waals surface area contributed by atoms with Gasteiger partial charge in [0.05, 0.1) is 5.56 Å². The van der Waals surface area contributed by atoms with Gasteiger partial charge in [-0.25, -0.2) is 18.7 Å². The quantitative estimate of drug-likeness (QED) is 0.345. The summed E-state index contributed by atoms with van der Waals surface area (Å²) >= 11 is 0. The Labute approximate surface area is 182 Å². The van der Waals surface area contributed by atoms with Crippen molar-refractivity contribution in [3.8, 4) is 0 Å². The second-order valence-electron chi connectivity index (χ2n) is 7.44. The van der Waals surface area contributed by atoms with Crippen LogP contribution in [0.3, 0.4) is 0 Å². The van der Waals surface area contributed by atoms with Gasteiger partial charge < -0.3 is 20.7 Å². The van der Waals surface area contributed by atoms with E-state index in [-0.39, 0.29) is 5.56 Å². The number of anilines is 2. The van der Waals surface area contributed by atoms with Crippen molar-refractivity contribution in [3.63, 3.8) is 0 Å². The molecule has 1 unspecified atom stereocenters. The number of alkyl halides is 2. The topological polar surface area (TPSA) is 103 Å². The number of H-pyrrole nitrogens is 1. The fourth-order valence-corrected chi connectivity index (χ4v) is 3.30. The summed E-state index contributed by atoms with van der Waals surface area (Å²) in [6.45, 7) is 1.48. The molecular formula is C23H21F2N5O2. The van der Waals surface area contributed by atoms with Crippen molar-refractivity contribution >= 4 is 28.4 Å². The van der Waals surface area contributed by atoms with Gasteiger partial charge in [0.15, 0.2) is 0 Å². The zero-order valence-corrected chi connectivity index (χ0v) is 17.1. The molecule has 3 aromatic heterocycles. The summed E-state index contributed by atoms with van der Waals surface area (Å²) in [5, 5.41) is 16.8. The van der Waals surface area contributed by atoms with Gasteiger partial charge in [0.2, 0.25) is 0 Å². The Hall–Kier alpha value is -3.85. The van der Waals surface area contributed by atoms with E-state index < -0.39 is 17.9 Å². The third kappa shape index (κ3) is 4.28. The molecule has 3 heterocycles. The molecule has 4 rings (SSSR count). The second kappa shape index (κ2) is 8.72. The van der Waals surface area contributed by atoms with E-state index in [1.54, 1.807) is 24.5 Å². The molecule has 0 bridgehead atoms. The normalized spacial score (nSPS) is 13.2. The maximum Gasteiger partial charge on any atom is 0.270 e. The van der Waals surface area contributed by atoms with Crippen molar-refractivity contribution < 1.29 is 18.7 Å². The Morgan fingerprint density at radius 3 is 2.66 bits per heavy atom. The van der Waals surface area contributed by atoms with Crippen LogP contribution in [0.4, 0.5) is 20.3 Å². The molecule has 0 radical (unpaired) electrons. The summed E-state index contributed by atoms with van der Waals surface area (Å²) in [6.07, 6.45) is 2.17. The SMILES string of the molecule is CC(O)(c1ccc(NC(=O)c2cccnc2NCc2ccnc3[nH]ccc23)cc1)C(F)F. The number of pyridine rings is 2. The molecule has 164 valence electrons. The number of halogens is 2. The van der Waals surface area contributed by atoms with Gasteiger partial charge in [-0.15, -0.1) is 0 Å². The lowest BCUT2D eigenvalue weighted by Crippen LogP contribution is -2.30. The summed E-state index contributed by atoms with van der Waals surface area (Å²) in [5.74, 6) is -0.00163. The number of nitrogens with one attached hydrogen (secondary N) is 3. The zero-order chi connectivity index (χ0) is 22.7. The summed E-state index contributed by atoms with van der Waals surface area (Å²) in [4.78, 5) is 24.4. The van der Waals surface area contributed by atoms with Crippen LogP contribution in [-0.2, 0) is 12.1 Å². The van der Waals surface area contributed by atoms with Gasteiger partial charge in [0.25, 0.3) is 12.3 Å². The van der Waals surface area contributed by atoms with Crippen LogP contribution < -0.4 is 10.6 Å². The first-order valence-electron chi connectivity index (χ1n) is 9.88. The smallest absolute Gasteiger partial charge is 0.270 e. The highest BCUT2D eigenvalue weighted by Crippen LogP contribution is 2.29. The number of amides is 1. The van der Waals surface area contributed by atoms with Gasteiger partial charge in [-0.05, 0) is 54.4 Å². The number of aromatic amines is 1. The van der Waals surface area contributed by atoms with Crippen LogP contribution >= 0.6 is 0 Å². The Balaban J connectivity index is 1.48. The van der Waals surface area contributed by atoms with Crippen LogP contribution in [-0.4, -0.2) is 32.4 Å². The van der Waals surface area contributed by atoms with Crippen LogP contribution in [0.5, 0.6) is 0 Å². The van der Waals surface area contributed by atoms with E-state index in [1.165, 1.54) is 24.3 Å². The highest BCUT2D eigenvalue weighted by atomic mass is 19.3. The first-order chi connectivity index (χ1) is 15.4. The predicted molar refractivity (Wildman–Crippen MR) is 118 cm³/mol. The maximum atomic E-state index is 13.0. The molecule has 0 aliphatic rings. The number of hydrogen-bond acceptors (Lipinski definition) is 5. The number of carbonyl (C=O) groups excluding carboxylic acids is 1. The molecule has 1 atom stereocenters. The lowest BCUT2D eigenvalue weighted by molar-refractivity contribution is -0.0883. The van der Waals surface area contributed by atoms with Crippen LogP contribution in [0, 0.1) is 0 Å². The van der Waals surface area contributed by atoms with Crippen molar-refractivity contribution in [2.75, 3.05) is 10.6 Å². The van der Waals surface area contributed by atoms with Crippen LogP contribution in [0.25, 0.3) is 11.0 Å². The van der Waals surface area contributed by atoms with E-state index in [4.69, 9.17) is 0 Å². The Morgan fingerprint density at radius 1 is 1.12 bits per heavy atom. The number of aromatic nitrogens is 3. The molecule has 0 spiro atoms. The first kappa shape index (κ1) is 21.4. The number of benzene rings is 1. The van der Waals surface area contributed by atoms with Gasteiger partial charge in [-0.2, -0.15) is 0 Å². The molecule has 9 heteroatoms. The maximum absolute atomic E-state index is 13.0. The van der Waals surface area contributed by atoms with Crippen LogP contribution in [0.2, 0.25) is 0 Å². The Kier molecular flexibility index (Phi) is 5.83. The summed E-state index contributed by atoms with van der Waals surface area (Å²) < 4.78 is 26.0. The monoisotopic (exact) mass is 437 g/mol. The third-order valence-corrected chi connectivity index (χ3v) is 5.20. The lowest BCUT2D eigenvalue weighted by atomic mass is 9.96. The van der Waals surface area contributed by atoms with Crippen LogP contribution in [0.15, 0.2) is 67.1 Å². The molecule has 0 saturated heterocycles. The minimum absolute atomic E-state index is 0.0580. The molecule has 7 nitrogen and oxygen atoms in total. The highest BCUT2D eigenvalue weighted by molar-refractivity contribution is 6.07. The average molecular weight is 437 g/mol. The summed E-state index contributed by atoms with van der Waals surface area (Å²) in [7, 11) is 0. The van der Waals surface area contributed by atoms with Crippen LogP contribution in [0.1, 0.15) is 28.4 Å². The van der Waals surface area contributed by atoms with Gasteiger partial charge in [0.1, 0.15) is 17.1 Å². The molecule has 0 fully saturated rings. The largest absolute Gasteiger partial charge is 0.379 e. The predicted octanol–water partition coefficient (Wildman–Crippen LogP) is 4.29. The fourth-order valence-electron chi connectivity index (χ4n) is 3.30. The molecule has 0 aliphatic heterocycles. The van der Waals surface area contributed by atoms with Crippen molar-refractivity contribution in [1.82, 2.24) is 15.0 Å². The van der Waals surface area contributed by atoms with E-state index in [0.29, 0.717) is 23.6 Å². The fraction of sp³-hybridized carbons (Fsp3) is 0.174. The minimum Gasteiger partial charge on any atom is -0.379 e. The van der Waals surface area contributed by atoms with Crippen molar-refractivity contribution in [2.45, 2.75) is 25.5 Å². The van der Waals surface area contributed by atoms with Crippen molar-refractivity contribution in [3.05, 3.63) is 83.8 Å². The Bertz CT molecular complexity index is 1240. The number of aliphatic hydroxyl groups is 1. The van der Waals surface area contributed by atoms with E-state index in [0.717, 1.165) is 23.5 Å². The molecule has 32 heavy (non-hydrogen) atoms. The van der Waals surface area contributed by atoms with E-state index in [2.05, 4.69) is 25.6 Å². The van der Waals surface area contributed by atoms with E-state index in [9.17, 15) is 18.7 Å². The molecule has 0 aliphatic carbocycles. The van der Waals surface area contributed by atoms with Crippen molar-refractivity contribution in [1.29, 1.82) is 0 Å². The molecule has 4 N–H and O–H groups in total.